The van der Waals surface area contributed by atoms with Crippen molar-refractivity contribution in [1.82, 2.24) is 19.7 Å². The first-order chi connectivity index (χ1) is 12.8. The molecule has 0 atom stereocenters. The fraction of sp³-hybridized carbons (Fsp3) is 0.211. The largest absolute Gasteiger partial charge is 0.335 e. The topological polar surface area (TPSA) is 62.1 Å². The highest BCUT2D eigenvalue weighted by molar-refractivity contribution is 7.99. The Morgan fingerprint density at radius 3 is 2.50 bits per heavy atom. The second-order valence-electron chi connectivity index (χ2n) is 5.66. The highest BCUT2D eigenvalue weighted by atomic mass is 32.2. The van der Waals surface area contributed by atoms with Crippen LogP contribution in [0.3, 0.4) is 0 Å². The molecule has 0 spiro atoms. The fourth-order valence-electron chi connectivity index (χ4n) is 2.81. The number of nitrogens with zero attached hydrogens (tertiary/aromatic N) is 4. The molecule has 0 unspecified atom stereocenters. The van der Waals surface area contributed by atoms with E-state index in [9.17, 15) is 0 Å². The fourth-order valence-corrected chi connectivity index (χ4v) is 3.94. The van der Waals surface area contributed by atoms with Crippen LogP contribution in [0.1, 0.15) is 5.56 Å². The molecule has 0 amide bonds. The van der Waals surface area contributed by atoms with Crippen LogP contribution in [0.15, 0.2) is 72.7 Å². The molecule has 0 N–H and O–H groups in total. The lowest BCUT2D eigenvalue weighted by atomic mass is 10.2. The first kappa shape index (κ1) is 17.0. The summed E-state index contributed by atoms with van der Waals surface area (Å²) in [7, 11) is 0. The normalized spacial score (nSPS) is 15.8. The van der Waals surface area contributed by atoms with E-state index in [1.807, 2.05) is 53.1 Å². The van der Waals surface area contributed by atoms with Crippen molar-refractivity contribution >= 4 is 11.8 Å². The van der Waals surface area contributed by atoms with Crippen molar-refractivity contribution in [3.63, 3.8) is 0 Å². The molecule has 1 aromatic carbocycles. The number of thioether (sulfide) groups is 1. The number of aromatic nitrogens is 4. The Balaban J connectivity index is 1.73. The quantitative estimate of drug-likeness (QED) is 0.623. The van der Waals surface area contributed by atoms with Gasteiger partial charge in [-0.15, -0.1) is 16.8 Å². The molecule has 0 saturated carbocycles. The summed E-state index contributed by atoms with van der Waals surface area (Å²) in [6.07, 6.45) is 5.30. The van der Waals surface area contributed by atoms with Gasteiger partial charge < -0.3 is 9.47 Å². The molecule has 6 nitrogen and oxygen atoms in total. The molecule has 7 heteroatoms. The number of pyridine rings is 1. The van der Waals surface area contributed by atoms with Crippen molar-refractivity contribution in [3.8, 4) is 11.4 Å². The monoisotopic (exact) mass is 366 g/mol. The Kier molecular flexibility index (Phi) is 4.83. The Morgan fingerprint density at radius 2 is 1.81 bits per heavy atom. The summed E-state index contributed by atoms with van der Waals surface area (Å²) in [6.45, 7) is 5.51. The SMILES string of the molecule is C=CCn1c(SC2(c3ccccc3)OCCO2)nnc1-c1ccncc1. The molecular formula is C19H18N4O2S. The van der Waals surface area contributed by atoms with Crippen molar-refractivity contribution in [1.29, 1.82) is 0 Å². The lowest BCUT2D eigenvalue weighted by molar-refractivity contribution is -0.0818. The van der Waals surface area contributed by atoms with E-state index in [0.29, 0.717) is 24.9 Å². The van der Waals surface area contributed by atoms with Gasteiger partial charge in [0.1, 0.15) is 0 Å². The van der Waals surface area contributed by atoms with Gasteiger partial charge in [0.25, 0.3) is 5.12 Å². The summed E-state index contributed by atoms with van der Waals surface area (Å²) < 4.78 is 14.0. The third kappa shape index (κ3) is 3.16. The number of allylic oxidation sites excluding steroid dienone is 1. The van der Waals surface area contributed by atoms with Gasteiger partial charge in [-0.2, -0.15) is 0 Å². The second-order valence-corrected chi connectivity index (χ2v) is 6.77. The second kappa shape index (κ2) is 7.41. The third-order valence-electron chi connectivity index (χ3n) is 3.99. The van der Waals surface area contributed by atoms with E-state index in [4.69, 9.17) is 9.47 Å². The van der Waals surface area contributed by atoms with Gasteiger partial charge in [0, 0.05) is 30.1 Å². The number of hydrogen-bond donors (Lipinski definition) is 0. The Labute approximate surface area is 155 Å². The van der Waals surface area contributed by atoms with Crippen LogP contribution in [0.25, 0.3) is 11.4 Å². The average Bonchev–Trinajstić information content (AvgIpc) is 3.32. The van der Waals surface area contributed by atoms with Crippen molar-refractivity contribution in [3.05, 3.63) is 73.1 Å². The van der Waals surface area contributed by atoms with Gasteiger partial charge in [-0.3, -0.25) is 9.55 Å². The van der Waals surface area contributed by atoms with Crippen LogP contribution < -0.4 is 0 Å². The van der Waals surface area contributed by atoms with Crippen molar-refractivity contribution in [2.45, 2.75) is 16.8 Å². The molecule has 0 radical (unpaired) electrons. The zero-order chi connectivity index (χ0) is 17.8. The maximum Gasteiger partial charge on any atom is 0.253 e. The van der Waals surface area contributed by atoms with E-state index < -0.39 is 5.12 Å². The van der Waals surface area contributed by atoms with E-state index in [0.717, 1.165) is 17.0 Å². The molecule has 132 valence electrons. The highest BCUT2D eigenvalue weighted by Crippen LogP contribution is 2.45. The van der Waals surface area contributed by atoms with E-state index >= 15 is 0 Å². The Morgan fingerprint density at radius 1 is 1.08 bits per heavy atom. The van der Waals surface area contributed by atoms with Crippen molar-refractivity contribution in [2.75, 3.05) is 13.2 Å². The molecule has 1 aliphatic heterocycles. The van der Waals surface area contributed by atoms with Gasteiger partial charge in [0.05, 0.1) is 13.2 Å². The lowest BCUT2D eigenvalue weighted by Crippen LogP contribution is -2.23. The Bertz CT molecular complexity index is 877. The van der Waals surface area contributed by atoms with Crippen LogP contribution in [0.4, 0.5) is 0 Å². The number of rotatable bonds is 6. The van der Waals surface area contributed by atoms with Gasteiger partial charge in [-0.1, -0.05) is 36.4 Å². The highest BCUT2D eigenvalue weighted by Gasteiger charge is 2.41. The molecular weight excluding hydrogens is 348 g/mol. The predicted octanol–water partition coefficient (Wildman–Crippen LogP) is 3.48. The minimum atomic E-state index is -0.914. The smallest absolute Gasteiger partial charge is 0.253 e. The molecule has 2 aromatic heterocycles. The molecule has 1 fully saturated rings. The van der Waals surface area contributed by atoms with E-state index in [1.54, 1.807) is 12.4 Å². The zero-order valence-electron chi connectivity index (χ0n) is 14.1. The third-order valence-corrected chi connectivity index (χ3v) is 5.21. The van der Waals surface area contributed by atoms with E-state index in [1.165, 1.54) is 11.8 Å². The summed E-state index contributed by atoms with van der Waals surface area (Å²) >= 11 is 1.42. The molecule has 3 aromatic rings. The molecule has 1 aliphatic rings. The Hall–Kier alpha value is -2.48. The zero-order valence-corrected chi connectivity index (χ0v) is 14.9. The van der Waals surface area contributed by atoms with Crippen LogP contribution in [-0.2, 0) is 21.1 Å². The first-order valence-corrected chi connectivity index (χ1v) is 9.11. The van der Waals surface area contributed by atoms with Gasteiger partial charge in [0.2, 0.25) is 0 Å². The number of ether oxygens (including phenoxy) is 2. The maximum atomic E-state index is 6.00. The molecule has 4 rings (SSSR count). The van der Waals surface area contributed by atoms with E-state index in [-0.39, 0.29) is 0 Å². The standard InChI is InChI=1S/C19H18N4O2S/c1-2-12-23-17(15-8-10-20-11-9-15)21-22-18(23)26-19(24-13-14-25-19)16-6-4-3-5-7-16/h2-11H,1,12-14H2. The van der Waals surface area contributed by atoms with Crippen molar-refractivity contribution < 1.29 is 9.47 Å². The van der Waals surface area contributed by atoms with Crippen LogP contribution >= 0.6 is 11.8 Å². The van der Waals surface area contributed by atoms with Gasteiger partial charge in [0.15, 0.2) is 11.0 Å². The minimum absolute atomic E-state index is 0.536. The van der Waals surface area contributed by atoms with E-state index in [2.05, 4.69) is 21.8 Å². The minimum Gasteiger partial charge on any atom is -0.335 e. The summed E-state index contributed by atoms with van der Waals surface area (Å²) in [6, 6.07) is 13.7. The average molecular weight is 366 g/mol. The number of benzene rings is 1. The summed E-state index contributed by atoms with van der Waals surface area (Å²) in [5.41, 5.74) is 1.89. The summed E-state index contributed by atoms with van der Waals surface area (Å²) in [5.74, 6) is 0.760. The van der Waals surface area contributed by atoms with Crippen LogP contribution in [0.2, 0.25) is 0 Å². The number of hydrogen-bond acceptors (Lipinski definition) is 6. The van der Waals surface area contributed by atoms with Crippen molar-refractivity contribution in [2.24, 2.45) is 0 Å². The van der Waals surface area contributed by atoms with Gasteiger partial charge >= 0.3 is 0 Å². The maximum absolute atomic E-state index is 6.00. The molecule has 26 heavy (non-hydrogen) atoms. The summed E-state index contributed by atoms with van der Waals surface area (Å²) in [5, 5.41) is 8.57. The predicted molar refractivity (Wildman–Crippen MR) is 99.3 cm³/mol. The van der Waals surface area contributed by atoms with Gasteiger partial charge in [-0.25, -0.2) is 0 Å². The van der Waals surface area contributed by atoms with Crippen LogP contribution in [-0.4, -0.2) is 33.0 Å². The molecule has 1 saturated heterocycles. The molecule has 3 heterocycles. The van der Waals surface area contributed by atoms with Crippen LogP contribution in [0.5, 0.6) is 0 Å². The lowest BCUT2D eigenvalue weighted by Gasteiger charge is -2.26. The summed E-state index contributed by atoms with van der Waals surface area (Å²) in [4.78, 5) is 4.06. The molecule has 0 bridgehead atoms. The van der Waals surface area contributed by atoms with Crippen LogP contribution in [0, 0.1) is 0 Å². The van der Waals surface area contributed by atoms with Gasteiger partial charge in [-0.05, 0) is 23.9 Å². The molecule has 0 aliphatic carbocycles. The first-order valence-electron chi connectivity index (χ1n) is 8.29.